The Hall–Kier alpha value is -1.84. The number of hydrogen-bond donors (Lipinski definition) is 1. The van der Waals surface area contributed by atoms with Crippen molar-refractivity contribution >= 4 is 12.4 Å². The summed E-state index contributed by atoms with van der Waals surface area (Å²) in [7, 11) is 0. The molecule has 1 aromatic carbocycles. The van der Waals surface area contributed by atoms with Crippen LogP contribution in [0.5, 0.6) is 0 Å². The summed E-state index contributed by atoms with van der Waals surface area (Å²) in [6.45, 7) is 1.98. The fraction of sp³-hybridized carbons (Fsp3) is 0.385. The van der Waals surface area contributed by atoms with Crippen molar-refractivity contribution in [1.82, 2.24) is 0 Å². The number of aldehydes is 1. The van der Waals surface area contributed by atoms with Crippen molar-refractivity contribution in [1.29, 1.82) is 0 Å². The van der Waals surface area contributed by atoms with E-state index in [0.29, 0.717) is 6.42 Å². The maximum absolute atomic E-state index is 11.1. The SMILES string of the molecule is CCC[C@H](C=O)[C@H](OC(N)=O)c1ccccc1. The van der Waals surface area contributed by atoms with E-state index >= 15 is 0 Å². The molecule has 1 aromatic rings. The van der Waals surface area contributed by atoms with Crippen molar-refractivity contribution in [2.24, 2.45) is 11.7 Å². The summed E-state index contributed by atoms with van der Waals surface area (Å²) in [5.41, 5.74) is 5.83. The molecule has 92 valence electrons. The molecule has 1 rings (SSSR count). The molecule has 2 N–H and O–H groups in total. The summed E-state index contributed by atoms with van der Waals surface area (Å²) < 4.78 is 5.05. The van der Waals surface area contributed by atoms with E-state index < -0.39 is 12.2 Å². The molecule has 4 heteroatoms. The van der Waals surface area contributed by atoms with Crippen molar-refractivity contribution in [3.05, 3.63) is 35.9 Å². The van der Waals surface area contributed by atoms with Crippen molar-refractivity contribution in [3.8, 4) is 0 Å². The van der Waals surface area contributed by atoms with E-state index in [2.05, 4.69) is 0 Å². The topological polar surface area (TPSA) is 69.4 Å². The molecule has 0 radical (unpaired) electrons. The van der Waals surface area contributed by atoms with Gasteiger partial charge in [0.2, 0.25) is 0 Å². The minimum Gasteiger partial charge on any atom is -0.441 e. The molecular formula is C13H17NO3. The molecule has 0 fully saturated rings. The van der Waals surface area contributed by atoms with Crippen LogP contribution in [0, 0.1) is 5.92 Å². The molecule has 2 atom stereocenters. The van der Waals surface area contributed by atoms with Gasteiger partial charge in [0.15, 0.2) is 0 Å². The van der Waals surface area contributed by atoms with Gasteiger partial charge in [-0.15, -0.1) is 0 Å². The smallest absolute Gasteiger partial charge is 0.405 e. The zero-order valence-corrected chi connectivity index (χ0v) is 9.84. The molecule has 0 unspecified atom stereocenters. The van der Waals surface area contributed by atoms with Crippen LogP contribution < -0.4 is 5.73 Å². The van der Waals surface area contributed by atoms with Crippen molar-refractivity contribution in [3.63, 3.8) is 0 Å². The average Bonchev–Trinajstić information content (AvgIpc) is 2.34. The molecule has 4 nitrogen and oxygen atoms in total. The molecule has 17 heavy (non-hydrogen) atoms. The van der Waals surface area contributed by atoms with E-state index in [1.165, 1.54) is 0 Å². The Bertz CT molecular complexity index is 364. The van der Waals surface area contributed by atoms with Crippen LogP contribution in [0.25, 0.3) is 0 Å². The maximum atomic E-state index is 11.1. The lowest BCUT2D eigenvalue weighted by Gasteiger charge is -2.22. The molecule has 0 aliphatic heterocycles. The molecule has 0 aliphatic carbocycles. The Morgan fingerprint density at radius 2 is 2.06 bits per heavy atom. The first-order valence-electron chi connectivity index (χ1n) is 5.65. The highest BCUT2D eigenvalue weighted by Crippen LogP contribution is 2.28. The number of rotatable bonds is 6. The minimum atomic E-state index is -0.859. The Morgan fingerprint density at radius 1 is 1.41 bits per heavy atom. The summed E-state index contributed by atoms with van der Waals surface area (Å²) in [5, 5.41) is 0. The lowest BCUT2D eigenvalue weighted by atomic mass is 9.93. The summed E-state index contributed by atoms with van der Waals surface area (Å²) in [5.74, 6) is -0.352. The molecule has 0 saturated carbocycles. The molecule has 0 saturated heterocycles. The van der Waals surface area contributed by atoms with Gasteiger partial charge in [-0.2, -0.15) is 0 Å². The fourth-order valence-electron chi connectivity index (χ4n) is 1.79. The van der Waals surface area contributed by atoms with E-state index in [-0.39, 0.29) is 5.92 Å². The number of hydrogen-bond acceptors (Lipinski definition) is 3. The number of amides is 1. The van der Waals surface area contributed by atoms with Crippen LogP contribution in [0.2, 0.25) is 0 Å². The molecule has 0 spiro atoms. The standard InChI is InChI=1S/C13H17NO3/c1-2-6-11(9-15)12(17-13(14)16)10-7-4-3-5-8-10/h3-5,7-9,11-12H,2,6H2,1H3,(H2,14,16)/t11-,12-/m1/s1. The van der Waals surface area contributed by atoms with Crippen molar-refractivity contribution < 1.29 is 14.3 Å². The van der Waals surface area contributed by atoms with E-state index in [1.807, 2.05) is 37.3 Å². The van der Waals surface area contributed by atoms with Crippen LogP contribution in [0.4, 0.5) is 4.79 Å². The number of benzene rings is 1. The third-order valence-corrected chi connectivity index (χ3v) is 2.56. The monoisotopic (exact) mass is 235 g/mol. The lowest BCUT2D eigenvalue weighted by molar-refractivity contribution is -0.114. The van der Waals surface area contributed by atoms with Gasteiger partial charge < -0.3 is 15.3 Å². The highest BCUT2D eigenvalue weighted by Gasteiger charge is 2.25. The van der Waals surface area contributed by atoms with Crippen molar-refractivity contribution in [2.45, 2.75) is 25.9 Å². The van der Waals surface area contributed by atoms with Crippen LogP contribution in [0.1, 0.15) is 31.4 Å². The second-order valence-corrected chi connectivity index (χ2v) is 3.86. The molecule has 1 amide bonds. The van der Waals surface area contributed by atoms with Gasteiger partial charge in [-0.3, -0.25) is 0 Å². The van der Waals surface area contributed by atoms with Gasteiger partial charge >= 0.3 is 6.09 Å². The van der Waals surface area contributed by atoms with Crippen LogP contribution >= 0.6 is 0 Å². The second kappa shape index (κ2) is 6.68. The normalized spacial score (nSPS) is 13.7. The van der Waals surface area contributed by atoms with E-state index in [9.17, 15) is 9.59 Å². The molecular weight excluding hydrogens is 218 g/mol. The summed E-state index contributed by atoms with van der Waals surface area (Å²) >= 11 is 0. The number of primary amides is 1. The van der Waals surface area contributed by atoms with Gasteiger partial charge in [-0.1, -0.05) is 43.7 Å². The largest absolute Gasteiger partial charge is 0.441 e. The maximum Gasteiger partial charge on any atom is 0.405 e. The van der Waals surface area contributed by atoms with Crippen LogP contribution in [0.3, 0.4) is 0 Å². The predicted octanol–water partition coefficient (Wildman–Crippen LogP) is 2.44. The van der Waals surface area contributed by atoms with Crippen molar-refractivity contribution in [2.75, 3.05) is 0 Å². The van der Waals surface area contributed by atoms with Gasteiger partial charge in [0.25, 0.3) is 0 Å². The first kappa shape index (κ1) is 13.2. The van der Waals surface area contributed by atoms with Crippen LogP contribution in [-0.2, 0) is 9.53 Å². The first-order chi connectivity index (χ1) is 8.19. The van der Waals surface area contributed by atoms with E-state index in [4.69, 9.17) is 10.5 Å². The Morgan fingerprint density at radius 3 is 2.53 bits per heavy atom. The Kier molecular flexibility index (Phi) is 5.20. The third kappa shape index (κ3) is 3.90. The zero-order chi connectivity index (χ0) is 12.7. The third-order valence-electron chi connectivity index (χ3n) is 2.56. The molecule has 0 heterocycles. The molecule has 0 bridgehead atoms. The lowest BCUT2D eigenvalue weighted by Crippen LogP contribution is -2.24. The number of ether oxygens (including phenoxy) is 1. The van der Waals surface area contributed by atoms with Gasteiger partial charge in [0.05, 0.1) is 5.92 Å². The van der Waals surface area contributed by atoms with Crippen LogP contribution in [-0.4, -0.2) is 12.4 Å². The zero-order valence-electron chi connectivity index (χ0n) is 9.84. The average molecular weight is 235 g/mol. The van der Waals surface area contributed by atoms with Gasteiger partial charge in [-0.25, -0.2) is 4.79 Å². The second-order valence-electron chi connectivity index (χ2n) is 3.86. The number of carbonyl (C=O) groups excluding carboxylic acids is 2. The first-order valence-corrected chi connectivity index (χ1v) is 5.65. The highest BCUT2D eigenvalue weighted by atomic mass is 16.6. The number of nitrogens with two attached hydrogens (primary N) is 1. The fourth-order valence-corrected chi connectivity index (χ4v) is 1.79. The Balaban J connectivity index is 2.93. The highest BCUT2D eigenvalue weighted by molar-refractivity contribution is 5.66. The predicted molar refractivity (Wildman–Crippen MR) is 64.3 cm³/mol. The summed E-state index contributed by atoms with van der Waals surface area (Å²) in [4.78, 5) is 22.0. The Labute approximate surface area is 101 Å². The minimum absolute atomic E-state index is 0.352. The quantitative estimate of drug-likeness (QED) is 0.770. The summed E-state index contributed by atoms with van der Waals surface area (Å²) in [6.07, 6.45) is 0.878. The molecule has 0 aliphatic rings. The van der Waals surface area contributed by atoms with E-state index in [1.54, 1.807) is 0 Å². The van der Waals surface area contributed by atoms with Crippen LogP contribution in [0.15, 0.2) is 30.3 Å². The summed E-state index contributed by atoms with van der Waals surface area (Å²) in [6, 6.07) is 9.17. The van der Waals surface area contributed by atoms with Gasteiger partial charge in [0.1, 0.15) is 12.4 Å². The van der Waals surface area contributed by atoms with Gasteiger partial charge in [0, 0.05) is 0 Å². The molecule has 0 aromatic heterocycles. The van der Waals surface area contributed by atoms with E-state index in [0.717, 1.165) is 18.3 Å². The number of carbonyl (C=O) groups is 2. The van der Waals surface area contributed by atoms with Gasteiger partial charge in [-0.05, 0) is 12.0 Å².